The number of halogens is 1. The second kappa shape index (κ2) is 7.99. The van der Waals surface area contributed by atoms with Crippen molar-refractivity contribution < 1.29 is 9.59 Å². The quantitative estimate of drug-likeness (QED) is 0.544. The van der Waals surface area contributed by atoms with Crippen LogP contribution in [-0.2, 0) is 5.41 Å². The SMILES string of the molecule is CC(C)(C)c1ccc(C(=O)c2cccc(NC(=O)c3ccccc3Cl)c2)cc1. The summed E-state index contributed by atoms with van der Waals surface area (Å²) < 4.78 is 0. The van der Waals surface area contributed by atoms with Crippen molar-refractivity contribution in [3.8, 4) is 0 Å². The molecular weight excluding hydrogens is 370 g/mol. The van der Waals surface area contributed by atoms with Gasteiger partial charge >= 0.3 is 0 Å². The number of carbonyl (C=O) groups excluding carboxylic acids is 2. The highest BCUT2D eigenvalue weighted by atomic mass is 35.5. The lowest BCUT2D eigenvalue weighted by Crippen LogP contribution is -2.13. The molecule has 0 saturated carbocycles. The van der Waals surface area contributed by atoms with Gasteiger partial charge in [-0.15, -0.1) is 0 Å². The summed E-state index contributed by atoms with van der Waals surface area (Å²) in [7, 11) is 0. The monoisotopic (exact) mass is 391 g/mol. The van der Waals surface area contributed by atoms with Crippen LogP contribution in [0.15, 0.2) is 72.8 Å². The van der Waals surface area contributed by atoms with E-state index >= 15 is 0 Å². The predicted molar refractivity (Wildman–Crippen MR) is 114 cm³/mol. The Hall–Kier alpha value is -2.91. The normalized spacial score (nSPS) is 11.1. The smallest absolute Gasteiger partial charge is 0.257 e. The van der Waals surface area contributed by atoms with E-state index in [9.17, 15) is 9.59 Å². The van der Waals surface area contributed by atoms with Gasteiger partial charge in [0.1, 0.15) is 0 Å². The Morgan fingerprint density at radius 2 is 1.50 bits per heavy atom. The highest BCUT2D eigenvalue weighted by Crippen LogP contribution is 2.24. The molecule has 1 amide bonds. The number of amides is 1. The number of ketones is 1. The molecule has 0 bridgehead atoms. The summed E-state index contributed by atoms with van der Waals surface area (Å²) in [5.41, 5.74) is 3.26. The molecular formula is C24H22ClNO2. The number of rotatable bonds is 4. The Labute approximate surface area is 170 Å². The van der Waals surface area contributed by atoms with Gasteiger partial charge in [0.2, 0.25) is 0 Å². The van der Waals surface area contributed by atoms with E-state index in [1.54, 1.807) is 48.5 Å². The standard InChI is InChI=1S/C24H22ClNO2/c1-24(2,3)18-13-11-16(12-14-18)22(27)17-7-6-8-19(15-17)26-23(28)20-9-4-5-10-21(20)25/h4-15H,1-3H3,(H,26,28). The van der Waals surface area contributed by atoms with Crippen molar-refractivity contribution in [3.63, 3.8) is 0 Å². The van der Waals surface area contributed by atoms with Crippen LogP contribution in [0.3, 0.4) is 0 Å². The molecule has 0 aliphatic heterocycles. The van der Waals surface area contributed by atoms with E-state index in [2.05, 4.69) is 26.1 Å². The van der Waals surface area contributed by atoms with E-state index in [0.29, 0.717) is 27.4 Å². The van der Waals surface area contributed by atoms with Crippen molar-refractivity contribution in [2.75, 3.05) is 5.32 Å². The molecule has 0 fully saturated rings. The van der Waals surface area contributed by atoms with Crippen LogP contribution in [0.2, 0.25) is 5.02 Å². The lowest BCUT2D eigenvalue weighted by molar-refractivity contribution is 0.102. The second-order valence-corrected chi connectivity index (χ2v) is 8.08. The molecule has 28 heavy (non-hydrogen) atoms. The summed E-state index contributed by atoms with van der Waals surface area (Å²) >= 11 is 6.08. The van der Waals surface area contributed by atoms with E-state index < -0.39 is 0 Å². The van der Waals surface area contributed by atoms with Gasteiger partial charge < -0.3 is 5.32 Å². The van der Waals surface area contributed by atoms with Gasteiger partial charge in [0, 0.05) is 16.8 Å². The fraction of sp³-hybridized carbons (Fsp3) is 0.167. The van der Waals surface area contributed by atoms with Gasteiger partial charge in [-0.25, -0.2) is 0 Å². The fourth-order valence-electron chi connectivity index (χ4n) is 2.87. The summed E-state index contributed by atoms with van der Waals surface area (Å²) in [5.74, 6) is -0.404. The molecule has 4 heteroatoms. The van der Waals surface area contributed by atoms with Crippen molar-refractivity contribution in [2.24, 2.45) is 0 Å². The molecule has 0 aliphatic rings. The Morgan fingerprint density at radius 3 is 2.14 bits per heavy atom. The number of nitrogens with one attached hydrogen (secondary N) is 1. The maximum Gasteiger partial charge on any atom is 0.257 e. The number of hydrogen-bond donors (Lipinski definition) is 1. The summed E-state index contributed by atoms with van der Waals surface area (Å²) in [6, 6.07) is 21.4. The molecule has 0 heterocycles. The van der Waals surface area contributed by atoms with Crippen LogP contribution in [0.5, 0.6) is 0 Å². The van der Waals surface area contributed by atoms with Crippen molar-refractivity contribution in [2.45, 2.75) is 26.2 Å². The lowest BCUT2D eigenvalue weighted by atomic mass is 9.86. The minimum atomic E-state index is -0.315. The molecule has 0 saturated heterocycles. The molecule has 3 rings (SSSR count). The summed E-state index contributed by atoms with van der Waals surface area (Å²) in [6.45, 7) is 6.40. The van der Waals surface area contributed by atoms with Crippen LogP contribution in [0.1, 0.15) is 52.6 Å². The van der Waals surface area contributed by atoms with E-state index in [-0.39, 0.29) is 17.1 Å². The first-order chi connectivity index (χ1) is 13.3. The zero-order valence-corrected chi connectivity index (χ0v) is 16.9. The van der Waals surface area contributed by atoms with Crippen LogP contribution in [-0.4, -0.2) is 11.7 Å². The van der Waals surface area contributed by atoms with Gasteiger partial charge in [-0.05, 0) is 35.2 Å². The van der Waals surface area contributed by atoms with Gasteiger partial charge in [0.25, 0.3) is 5.91 Å². The first-order valence-corrected chi connectivity index (χ1v) is 9.45. The first kappa shape index (κ1) is 19.8. The third-order valence-electron chi connectivity index (χ3n) is 4.51. The van der Waals surface area contributed by atoms with Crippen LogP contribution < -0.4 is 5.32 Å². The molecule has 3 nitrogen and oxygen atoms in total. The van der Waals surface area contributed by atoms with Crippen LogP contribution in [0.4, 0.5) is 5.69 Å². The third-order valence-corrected chi connectivity index (χ3v) is 4.84. The van der Waals surface area contributed by atoms with Gasteiger partial charge in [-0.1, -0.05) is 80.9 Å². The molecule has 1 N–H and O–H groups in total. The second-order valence-electron chi connectivity index (χ2n) is 7.67. The number of benzene rings is 3. The Kier molecular flexibility index (Phi) is 5.66. The van der Waals surface area contributed by atoms with Crippen molar-refractivity contribution in [1.82, 2.24) is 0 Å². The topological polar surface area (TPSA) is 46.2 Å². The maximum atomic E-state index is 12.8. The van der Waals surface area contributed by atoms with Gasteiger partial charge in [0.05, 0.1) is 10.6 Å². The highest BCUT2D eigenvalue weighted by molar-refractivity contribution is 6.34. The van der Waals surface area contributed by atoms with E-state index in [1.165, 1.54) is 5.56 Å². The molecule has 0 aromatic heterocycles. The highest BCUT2D eigenvalue weighted by Gasteiger charge is 2.16. The first-order valence-electron chi connectivity index (χ1n) is 9.07. The molecule has 0 radical (unpaired) electrons. The number of hydrogen-bond acceptors (Lipinski definition) is 2. The van der Waals surface area contributed by atoms with Crippen molar-refractivity contribution >= 4 is 29.0 Å². The maximum absolute atomic E-state index is 12.8. The van der Waals surface area contributed by atoms with Crippen LogP contribution >= 0.6 is 11.6 Å². The van der Waals surface area contributed by atoms with E-state index in [1.807, 2.05) is 24.3 Å². The van der Waals surface area contributed by atoms with Crippen LogP contribution in [0.25, 0.3) is 0 Å². The predicted octanol–water partition coefficient (Wildman–Crippen LogP) is 6.12. The zero-order chi connectivity index (χ0) is 20.3. The summed E-state index contributed by atoms with van der Waals surface area (Å²) in [5, 5.41) is 3.18. The van der Waals surface area contributed by atoms with Gasteiger partial charge in [0.15, 0.2) is 5.78 Å². The van der Waals surface area contributed by atoms with Crippen molar-refractivity contribution in [1.29, 1.82) is 0 Å². The van der Waals surface area contributed by atoms with E-state index in [0.717, 1.165) is 0 Å². The Balaban J connectivity index is 1.80. The summed E-state index contributed by atoms with van der Waals surface area (Å²) in [6.07, 6.45) is 0. The minimum absolute atomic E-state index is 0.0322. The molecule has 3 aromatic rings. The zero-order valence-electron chi connectivity index (χ0n) is 16.1. The van der Waals surface area contributed by atoms with Gasteiger partial charge in [-0.3, -0.25) is 9.59 Å². The average Bonchev–Trinajstić information content (AvgIpc) is 2.67. The largest absolute Gasteiger partial charge is 0.322 e. The molecule has 0 spiro atoms. The summed E-state index contributed by atoms with van der Waals surface area (Å²) in [4.78, 5) is 25.3. The molecule has 0 atom stereocenters. The van der Waals surface area contributed by atoms with Gasteiger partial charge in [-0.2, -0.15) is 0 Å². The fourth-order valence-corrected chi connectivity index (χ4v) is 3.09. The lowest BCUT2D eigenvalue weighted by Gasteiger charge is -2.19. The Bertz CT molecular complexity index is 1020. The average molecular weight is 392 g/mol. The molecule has 0 aliphatic carbocycles. The Morgan fingerprint density at radius 1 is 0.821 bits per heavy atom. The molecule has 3 aromatic carbocycles. The molecule has 0 unspecified atom stereocenters. The number of carbonyl (C=O) groups is 2. The van der Waals surface area contributed by atoms with Crippen molar-refractivity contribution in [3.05, 3.63) is 100 Å². The minimum Gasteiger partial charge on any atom is -0.322 e. The third kappa shape index (κ3) is 4.49. The molecule has 142 valence electrons. The number of anilines is 1. The van der Waals surface area contributed by atoms with Crippen LogP contribution in [0, 0.1) is 0 Å². The van der Waals surface area contributed by atoms with E-state index in [4.69, 9.17) is 11.6 Å².